The Morgan fingerprint density at radius 3 is 2.86 bits per heavy atom. The van der Waals surface area contributed by atoms with E-state index in [9.17, 15) is 14.7 Å². The third-order valence-corrected chi connectivity index (χ3v) is 4.03. The first-order chi connectivity index (χ1) is 9.95. The molecule has 116 valence electrons. The van der Waals surface area contributed by atoms with E-state index >= 15 is 0 Å². The molecule has 2 heterocycles. The second-order valence-electron chi connectivity index (χ2n) is 5.53. The maximum Gasteiger partial charge on any atom is 0.329 e. The number of likely N-dealkylation sites (tertiary alicyclic amines) is 1. The maximum atomic E-state index is 12.2. The largest absolute Gasteiger partial charge is 0.480 e. The fraction of sp³-hybridized carbons (Fsp3) is 0.692. The Hall–Kier alpha value is -2.12. The number of urea groups is 1. The summed E-state index contributed by atoms with van der Waals surface area (Å²) in [5.41, 5.74) is -1.12. The second-order valence-corrected chi connectivity index (χ2v) is 5.53. The van der Waals surface area contributed by atoms with Gasteiger partial charge in [-0.2, -0.15) is 0 Å². The monoisotopic (exact) mass is 295 g/mol. The van der Waals surface area contributed by atoms with Crippen molar-refractivity contribution in [3.8, 4) is 0 Å². The average molecular weight is 295 g/mol. The number of amides is 2. The number of nitrogens with zero attached hydrogens (tertiary/aromatic N) is 4. The smallest absolute Gasteiger partial charge is 0.329 e. The highest BCUT2D eigenvalue weighted by Gasteiger charge is 2.43. The molecule has 0 spiro atoms. The first-order valence-electron chi connectivity index (χ1n) is 7.07. The lowest BCUT2D eigenvalue weighted by atomic mass is 9.89. The van der Waals surface area contributed by atoms with Crippen LogP contribution in [-0.4, -0.2) is 55.4 Å². The normalized spacial score (nSPS) is 22.1. The van der Waals surface area contributed by atoms with Gasteiger partial charge in [-0.25, -0.2) is 9.59 Å². The Morgan fingerprint density at radius 2 is 2.24 bits per heavy atom. The van der Waals surface area contributed by atoms with Gasteiger partial charge in [-0.3, -0.25) is 0 Å². The molecule has 0 saturated carbocycles. The number of carboxylic acid groups (broad SMARTS) is 1. The maximum absolute atomic E-state index is 12.2. The van der Waals surface area contributed by atoms with Crippen molar-refractivity contribution < 1.29 is 14.7 Å². The molecule has 1 aliphatic heterocycles. The number of aromatic nitrogens is 3. The number of carbonyl (C=O) groups excluding carboxylic acids is 1. The topological polar surface area (TPSA) is 100 Å². The zero-order valence-electron chi connectivity index (χ0n) is 12.4. The Kier molecular flexibility index (Phi) is 4.44. The molecule has 2 amide bonds. The van der Waals surface area contributed by atoms with E-state index in [-0.39, 0.29) is 6.03 Å². The van der Waals surface area contributed by atoms with Crippen LogP contribution in [0.1, 0.15) is 32.0 Å². The van der Waals surface area contributed by atoms with Crippen LogP contribution in [0.15, 0.2) is 6.33 Å². The molecule has 0 radical (unpaired) electrons. The Morgan fingerprint density at radius 1 is 1.48 bits per heavy atom. The van der Waals surface area contributed by atoms with Crippen molar-refractivity contribution in [1.29, 1.82) is 0 Å². The van der Waals surface area contributed by atoms with Crippen LogP contribution in [0.4, 0.5) is 4.79 Å². The third kappa shape index (κ3) is 3.14. The third-order valence-electron chi connectivity index (χ3n) is 4.03. The minimum atomic E-state index is -1.12. The lowest BCUT2D eigenvalue weighted by Gasteiger charge is -2.41. The van der Waals surface area contributed by atoms with Crippen LogP contribution in [0.2, 0.25) is 0 Å². The molecule has 8 heteroatoms. The van der Waals surface area contributed by atoms with E-state index in [1.807, 2.05) is 7.05 Å². The van der Waals surface area contributed by atoms with E-state index in [2.05, 4.69) is 15.5 Å². The fourth-order valence-electron chi connectivity index (χ4n) is 2.58. The standard InChI is InChI=1S/C13H21N5O3/c1-13(11(19)20)6-3-4-8-18(13)12(21)14-7-5-10-16-15-9-17(10)2/h9H,3-8H2,1-2H3,(H,14,21)(H,19,20). The van der Waals surface area contributed by atoms with Gasteiger partial charge in [0.25, 0.3) is 0 Å². The van der Waals surface area contributed by atoms with Gasteiger partial charge in [0, 0.05) is 26.6 Å². The number of rotatable bonds is 4. The molecule has 8 nitrogen and oxygen atoms in total. The van der Waals surface area contributed by atoms with E-state index in [0.717, 1.165) is 18.7 Å². The molecule has 2 N–H and O–H groups in total. The highest BCUT2D eigenvalue weighted by Crippen LogP contribution is 2.28. The molecule has 0 aliphatic carbocycles. The number of hydrogen-bond acceptors (Lipinski definition) is 4. The molecular formula is C13H21N5O3. The van der Waals surface area contributed by atoms with E-state index < -0.39 is 11.5 Å². The summed E-state index contributed by atoms with van der Waals surface area (Å²) in [5.74, 6) is -0.180. The lowest BCUT2D eigenvalue weighted by molar-refractivity contribution is -0.150. The number of aryl methyl sites for hydroxylation is 1. The predicted molar refractivity (Wildman–Crippen MR) is 74.7 cm³/mol. The molecule has 1 fully saturated rings. The number of nitrogens with one attached hydrogen (secondary N) is 1. The molecule has 1 atom stereocenters. The van der Waals surface area contributed by atoms with E-state index in [1.165, 1.54) is 4.90 Å². The van der Waals surface area contributed by atoms with Crippen molar-refractivity contribution >= 4 is 12.0 Å². The van der Waals surface area contributed by atoms with Gasteiger partial charge in [-0.05, 0) is 26.2 Å². The van der Waals surface area contributed by atoms with Gasteiger partial charge >= 0.3 is 12.0 Å². The van der Waals surface area contributed by atoms with Crippen molar-refractivity contribution in [3.63, 3.8) is 0 Å². The zero-order valence-corrected chi connectivity index (χ0v) is 12.4. The summed E-state index contributed by atoms with van der Waals surface area (Å²) in [7, 11) is 1.84. The molecule has 1 saturated heterocycles. The molecule has 2 rings (SSSR count). The molecule has 0 aromatic carbocycles. The van der Waals surface area contributed by atoms with E-state index in [0.29, 0.717) is 25.9 Å². The lowest BCUT2D eigenvalue weighted by Crippen LogP contribution is -2.60. The van der Waals surface area contributed by atoms with Crippen LogP contribution < -0.4 is 5.32 Å². The van der Waals surface area contributed by atoms with Crippen LogP contribution in [0.5, 0.6) is 0 Å². The zero-order chi connectivity index (χ0) is 15.5. The van der Waals surface area contributed by atoms with Crippen molar-refractivity contribution in [2.45, 2.75) is 38.1 Å². The van der Waals surface area contributed by atoms with Gasteiger partial charge in [0.2, 0.25) is 0 Å². The van der Waals surface area contributed by atoms with E-state index in [1.54, 1.807) is 17.8 Å². The number of aliphatic carboxylic acids is 1. The molecular weight excluding hydrogens is 274 g/mol. The molecule has 21 heavy (non-hydrogen) atoms. The van der Waals surface area contributed by atoms with Crippen LogP contribution in [0.3, 0.4) is 0 Å². The summed E-state index contributed by atoms with van der Waals surface area (Å²) in [6, 6.07) is -0.332. The Bertz CT molecular complexity index is 530. The fourth-order valence-corrected chi connectivity index (χ4v) is 2.58. The SMILES string of the molecule is Cn1cnnc1CCNC(=O)N1CCCCC1(C)C(=O)O. The first-order valence-corrected chi connectivity index (χ1v) is 7.07. The second kappa shape index (κ2) is 6.11. The number of hydrogen-bond donors (Lipinski definition) is 2. The number of carbonyl (C=O) groups is 2. The molecule has 0 bridgehead atoms. The summed E-state index contributed by atoms with van der Waals surface area (Å²) < 4.78 is 1.79. The summed E-state index contributed by atoms with van der Waals surface area (Å²) in [4.78, 5) is 25.1. The van der Waals surface area contributed by atoms with Gasteiger partial charge in [-0.1, -0.05) is 0 Å². The van der Waals surface area contributed by atoms with Gasteiger partial charge in [-0.15, -0.1) is 10.2 Å². The highest BCUT2D eigenvalue weighted by molar-refractivity contribution is 5.86. The van der Waals surface area contributed by atoms with Crippen LogP contribution in [0.25, 0.3) is 0 Å². The first kappa shape index (κ1) is 15.3. The minimum absolute atomic E-state index is 0.332. The summed E-state index contributed by atoms with van der Waals surface area (Å²) in [6.45, 7) is 2.48. The number of carboxylic acids is 1. The van der Waals surface area contributed by atoms with Crippen molar-refractivity contribution in [2.24, 2.45) is 7.05 Å². The quantitative estimate of drug-likeness (QED) is 0.837. The summed E-state index contributed by atoms with van der Waals surface area (Å²) in [5, 5.41) is 19.9. The van der Waals surface area contributed by atoms with Crippen LogP contribution in [-0.2, 0) is 18.3 Å². The summed E-state index contributed by atoms with van der Waals surface area (Å²) in [6.07, 6.45) is 4.30. The highest BCUT2D eigenvalue weighted by atomic mass is 16.4. The Balaban J connectivity index is 1.92. The summed E-state index contributed by atoms with van der Waals surface area (Å²) >= 11 is 0. The molecule has 1 aliphatic rings. The number of piperidine rings is 1. The van der Waals surface area contributed by atoms with Gasteiger partial charge in [0.1, 0.15) is 17.7 Å². The van der Waals surface area contributed by atoms with Crippen molar-refractivity contribution in [2.75, 3.05) is 13.1 Å². The van der Waals surface area contributed by atoms with Crippen LogP contribution >= 0.6 is 0 Å². The van der Waals surface area contributed by atoms with Gasteiger partial charge in [0.15, 0.2) is 0 Å². The van der Waals surface area contributed by atoms with Gasteiger partial charge < -0.3 is 19.9 Å². The van der Waals surface area contributed by atoms with Crippen molar-refractivity contribution in [1.82, 2.24) is 25.0 Å². The predicted octanol–water partition coefficient (Wildman–Crippen LogP) is 0.396. The van der Waals surface area contributed by atoms with Crippen LogP contribution in [0, 0.1) is 0 Å². The van der Waals surface area contributed by atoms with E-state index in [4.69, 9.17) is 0 Å². The molecule has 1 aromatic rings. The minimum Gasteiger partial charge on any atom is -0.480 e. The van der Waals surface area contributed by atoms with Gasteiger partial charge in [0.05, 0.1) is 0 Å². The Labute approximate surface area is 123 Å². The molecule has 1 unspecified atom stereocenters. The average Bonchev–Trinajstić information content (AvgIpc) is 2.84. The molecule has 1 aromatic heterocycles. The van der Waals surface area contributed by atoms with Crippen molar-refractivity contribution in [3.05, 3.63) is 12.2 Å².